The SMILES string of the molecule is O=Cc1c(Cl)cncc1OCC1=C(c2ccccc2O)CCCC1. The van der Waals surface area contributed by atoms with Crippen LogP contribution in [-0.4, -0.2) is 23.0 Å². The number of hydrogen-bond donors (Lipinski definition) is 1. The number of phenolic OH excluding ortho intramolecular Hbond substituents is 1. The van der Waals surface area contributed by atoms with Gasteiger partial charge < -0.3 is 9.84 Å². The first kappa shape index (κ1) is 16.5. The molecule has 1 heterocycles. The van der Waals surface area contributed by atoms with Crippen molar-refractivity contribution < 1.29 is 14.6 Å². The number of ether oxygens (including phenoxy) is 1. The summed E-state index contributed by atoms with van der Waals surface area (Å²) >= 11 is 5.98. The number of rotatable bonds is 5. The summed E-state index contributed by atoms with van der Waals surface area (Å²) in [6, 6.07) is 7.35. The Hall–Kier alpha value is -2.33. The van der Waals surface area contributed by atoms with Gasteiger partial charge in [-0.15, -0.1) is 0 Å². The van der Waals surface area contributed by atoms with Gasteiger partial charge in [-0.3, -0.25) is 9.78 Å². The van der Waals surface area contributed by atoms with Crippen LogP contribution in [0.1, 0.15) is 41.6 Å². The molecule has 1 N–H and O–H groups in total. The minimum absolute atomic E-state index is 0.279. The van der Waals surface area contributed by atoms with Gasteiger partial charge in [-0.05, 0) is 42.9 Å². The van der Waals surface area contributed by atoms with E-state index in [4.69, 9.17) is 16.3 Å². The number of nitrogens with zero attached hydrogens (tertiary/aromatic N) is 1. The van der Waals surface area contributed by atoms with Crippen molar-refractivity contribution in [3.8, 4) is 11.5 Å². The first-order chi connectivity index (χ1) is 11.7. The van der Waals surface area contributed by atoms with Crippen LogP contribution in [0.25, 0.3) is 5.57 Å². The van der Waals surface area contributed by atoms with E-state index in [0.717, 1.165) is 42.4 Å². The molecule has 0 atom stereocenters. The highest BCUT2D eigenvalue weighted by Crippen LogP contribution is 2.36. The summed E-state index contributed by atoms with van der Waals surface area (Å²) in [6.45, 7) is 0.354. The number of allylic oxidation sites excluding steroid dienone is 1. The van der Waals surface area contributed by atoms with Crippen molar-refractivity contribution in [2.45, 2.75) is 25.7 Å². The number of carbonyl (C=O) groups excluding carboxylic acids is 1. The number of benzene rings is 1. The van der Waals surface area contributed by atoms with Crippen LogP contribution in [0, 0.1) is 0 Å². The molecule has 0 spiro atoms. The maximum absolute atomic E-state index is 11.2. The fraction of sp³-hybridized carbons (Fsp3) is 0.263. The Morgan fingerprint density at radius 1 is 1.21 bits per heavy atom. The number of halogens is 1. The zero-order valence-electron chi connectivity index (χ0n) is 13.2. The van der Waals surface area contributed by atoms with Gasteiger partial charge in [-0.1, -0.05) is 29.8 Å². The number of pyridine rings is 1. The van der Waals surface area contributed by atoms with Gasteiger partial charge in [0.25, 0.3) is 0 Å². The maximum Gasteiger partial charge on any atom is 0.155 e. The van der Waals surface area contributed by atoms with Crippen LogP contribution in [0.15, 0.2) is 42.2 Å². The van der Waals surface area contributed by atoms with Crippen molar-refractivity contribution in [3.05, 3.63) is 58.4 Å². The standard InChI is InChI=1S/C19H18ClNO3/c20-17-9-21-10-19(16(17)11-22)24-12-13-5-1-2-6-14(13)15-7-3-4-8-18(15)23/h3-4,7-11,23H,1-2,5-6,12H2. The lowest BCUT2D eigenvalue weighted by Gasteiger charge is -2.22. The molecule has 124 valence electrons. The zero-order chi connectivity index (χ0) is 16.9. The fourth-order valence-corrected chi connectivity index (χ4v) is 3.20. The third-order valence-electron chi connectivity index (χ3n) is 4.23. The van der Waals surface area contributed by atoms with E-state index in [1.165, 1.54) is 12.4 Å². The van der Waals surface area contributed by atoms with Gasteiger partial charge in [0.05, 0.1) is 16.8 Å². The van der Waals surface area contributed by atoms with Crippen LogP contribution in [0.4, 0.5) is 0 Å². The molecule has 0 fully saturated rings. The smallest absolute Gasteiger partial charge is 0.155 e. The molecule has 0 bridgehead atoms. The molecule has 0 aliphatic heterocycles. The Morgan fingerprint density at radius 2 is 2.00 bits per heavy atom. The summed E-state index contributed by atoms with van der Waals surface area (Å²) < 4.78 is 5.82. The van der Waals surface area contributed by atoms with Crippen LogP contribution in [0.5, 0.6) is 11.5 Å². The first-order valence-corrected chi connectivity index (χ1v) is 8.29. The van der Waals surface area contributed by atoms with Gasteiger partial charge in [0.1, 0.15) is 18.1 Å². The van der Waals surface area contributed by atoms with Crippen LogP contribution in [-0.2, 0) is 0 Å². The average molecular weight is 344 g/mol. The Labute approximate surface area is 145 Å². The average Bonchev–Trinajstić information content (AvgIpc) is 2.61. The summed E-state index contributed by atoms with van der Waals surface area (Å²) in [6.07, 6.45) is 7.59. The summed E-state index contributed by atoms with van der Waals surface area (Å²) in [5, 5.41) is 10.4. The molecule has 2 aromatic rings. The highest BCUT2D eigenvalue weighted by Gasteiger charge is 2.18. The minimum Gasteiger partial charge on any atom is -0.507 e. The fourth-order valence-electron chi connectivity index (χ4n) is 3.00. The van der Waals surface area contributed by atoms with E-state index < -0.39 is 0 Å². The molecule has 1 aromatic carbocycles. The van der Waals surface area contributed by atoms with Gasteiger partial charge in [0.2, 0.25) is 0 Å². The number of hydrogen-bond acceptors (Lipinski definition) is 4. The molecule has 0 saturated heterocycles. The van der Waals surface area contributed by atoms with E-state index in [0.29, 0.717) is 24.2 Å². The summed E-state index contributed by atoms with van der Waals surface area (Å²) in [4.78, 5) is 15.2. The molecule has 1 aliphatic carbocycles. The van der Waals surface area contributed by atoms with Crippen LogP contribution < -0.4 is 4.74 Å². The molecule has 0 radical (unpaired) electrons. The second-order valence-electron chi connectivity index (χ2n) is 5.75. The van der Waals surface area contributed by atoms with E-state index >= 15 is 0 Å². The topological polar surface area (TPSA) is 59.4 Å². The Kier molecular flexibility index (Phi) is 5.16. The normalized spacial score (nSPS) is 14.5. The number of aromatic hydroxyl groups is 1. The Morgan fingerprint density at radius 3 is 2.79 bits per heavy atom. The predicted octanol–water partition coefficient (Wildman–Crippen LogP) is 4.66. The second-order valence-corrected chi connectivity index (χ2v) is 6.15. The van der Waals surface area contributed by atoms with Crippen LogP contribution in [0.2, 0.25) is 5.02 Å². The third kappa shape index (κ3) is 3.44. The van der Waals surface area contributed by atoms with Gasteiger partial charge in [0, 0.05) is 11.8 Å². The number of carbonyl (C=O) groups is 1. The minimum atomic E-state index is 0.279. The molecular formula is C19H18ClNO3. The van der Waals surface area contributed by atoms with Crippen molar-refractivity contribution >= 4 is 23.5 Å². The van der Waals surface area contributed by atoms with Crippen LogP contribution >= 0.6 is 11.6 Å². The highest BCUT2D eigenvalue weighted by molar-refractivity contribution is 6.33. The van der Waals surface area contributed by atoms with E-state index in [1.54, 1.807) is 6.07 Å². The zero-order valence-corrected chi connectivity index (χ0v) is 13.9. The highest BCUT2D eigenvalue weighted by atomic mass is 35.5. The molecule has 24 heavy (non-hydrogen) atoms. The molecule has 5 heteroatoms. The summed E-state index contributed by atoms with van der Waals surface area (Å²) in [5.41, 5.74) is 3.43. The molecule has 3 rings (SSSR count). The number of phenols is 1. The lowest BCUT2D eigenvalue weighted by atomic mass is 9.87. The Balaban J connectivity index is 1.88. The Bertz CT molecular complexity index is 786. The van der Waals surface area contributed by atoms with Crippen molar-refractivity contribution in [1.82, 2.24) is 4.98 Å². The van der Waals surface area contributed by atoms with Crippen molar-refractivity contribution in [2.75, 3.05) is 6.61 Å². The lowest BCUT2D eigenvalue weighted by molar-refractivity contribution is 0.112. The number of aldehydes is 1. The summed E-state index contributed by atoms with van der Waals surface area (Å²) in [5.74, 6) is 0.664. The van der Waals surface area contributed by atoms with Crippen molar-refractivity contribution in [3.63, 3.8) is 0 Å². The monoisotopic (exact) mass is 343 g/mol. The van der Waals surface area contributed by atoms with E-state index in [2.05, 4.69) is 4.98 Å². The third-order valence-corrected chi connectivity index (χ3v) is 4.53. The molecule has 0 amide bonds. The van der Waals surface area contributed by atoms with Gasteiger partial charge in [0.15, 0.2) is 6.29 Å². The summed E-state index contributed by atoms with van der Waals surface area (Å²) in [7, 11) is 0. The van der Waals surface area contributed by atoms with Gasteiger partial charge >= 0.3 is 0 Å². The largest absolute Gasteiger partial charge is 0.507 e. The number of aromatic nitrogens is 1. The maximum atomic E-state index is 11.2. The molecular weight excluding hydrogens is 326 g/mol. The molecule has 1 aliphatic rings. The van der Waals surface area contributed by atoms with Crippen molar-refractivity contribution in [1.29, 1.82) is 0 Å². The predicted molar refractivity (Wildman–Crippen MR) is 93.6 cm³/mol. The molecule has 0 saturated carbocycles. The number of para-hydroxylation sites is 1. The van der Waals surface area contributed by atoms with E-state index in [9.17, 15) is 9.90 Å². The molecule has 0 unspecified atom stereocenters. The van der Waals surface area contributed by atoms with Gasteiger partial charge in [-0.25, -0.2) is 0 Å². The molecule has 4 nitrogen and oxygen atoms in total. The van der Waals surface area contributed by atoms with Crippen molar-refractivity contribution in [2.24, 2.45) is 0 Å². The first-order valence-electron chi connectivity index (χ1n) is 7.91. The second kappa shape index (κ2) is 7.49. The van der Waals surface area contributed by atoms with E-state index in [1.807, 2.05) is 18.2 Å². The van der Waals surface area contributed by atoms with Crippen LogP contribution in [0.3, 0.4) is 0 Å². The van der Waals surface area contributed by atoms with E-state index in [-0.39, 0.29) is 10.8 Å². The molecule has 1 aromatic heterocycles. The quantitative estimate of drug-likeness (QED) is 0.802. The lowest BCUT2D eigenvalue weighted by Crippen LogP contribution is -2.09. The van der Waals surface area contributed by atoms with Gasteiger partial charge in [-0.2, -0.15) is 0 Å².